The van der Waals surface area contributed by atoms with Crippen LogP contribution in [0, 0.1) is 11.8 Å². The highest BCUT2D eigenvalue weighted by atomic mass is 35.5. The van der Waals surface area contributed by atoms with Crippen molar-refractivity contribution in [3.05, 3.63) is 71.0 Å². The van der Waals surface area contributed by atoms with Crippen molar-refractivity contribution in [1.29, 1.82) is 0 Å². The predicted octanol–water partition coefficient (Wildman–Crippen LogP) is 3.56. The Morgan fingerprint density at radius 3 is 2.84 bits per heavy atom. The topological polar surface area (TPSA) is 64.1 Å². The van der Waals surface area contributed by atoms with Crippen LogP contribution < -0.4 is 5.32 Å². The number of nitrogens with one attached hydrogen (secondary N) is 1. The van der Waals surface area contributed by atoms with Crippen LogP contribution in [0.5, 0.6) is 0 Å². The minimum absolute atomic E-state index is 0.187. The van der Waals surface area contributed by atoms with Gasteiger partial charge in [0, 0.05) is 5.56 Å². The van der Waals surface area contributed by atoms with E-state index in [4.69, 9.17) is 16.3 Å². The highest BCUT2D eigenvalue weighted by molar-refractivity contribution is 6.29. The quantitative estimate of drug-likeness (QED) is 0.733. The zero-order valence-electron chi connectivity index (χ0n) is 13.2. The molecule has 0 aliphatic rings. The number of rotatable bonds is 3. The summed E-state index contributed by atoms with van der Waals surface area (Å²) in [7, 11) is 0. The molecular formula is C19H14ClN3O2. The number of carbonyl (C=O) groups is 1. The van der Waals surface area contributed by atoms with E-state index < -0.39 is 6.09 Å². The minimum atomic E-state index is -0.505. The summed E-state index contributed by atoms with van der Waals surface area (Å²) in [5, 5.41) is 2.92. The Kier molecular flexibility index (Phi) is 5.45. The monoisotopic (exact) mass is 351 g/mol. The number of hydrogen-bond acceptors (Lipinski definition) is 4. The minimum Gasteiger partial charge on any atom is -0.445 e. The predicted molar refractivity (Wildman–Crippen MR) is 96.1 cm³/mol. The van der Waals surface area contributed by atoms with Crippen molar-refractivity contribution in [2.24, 2.45) is 0 Å². The third-order valence-electron chi connectivity index (χ3n) is 3.28. The lowest BCUT2D eigenvalue weighted by Gasteiger charge is -2.04. The van der Waals surface area contributed by atoms with Gasteiger partial charge in [-0.25, -0.2) is 9.78 Å². The van der Waals surface area contributed by atoms with Crippen molar-refractivity contribution in [3.63, 3.8) is 0 Å². The molecule has 124 valence electrons. The number of aromatic nitrogens is 2. The molecule has 1 aromatic heterocycles. The van der Waals surface area contributed by atoms with E-state index in [0.29, 0.717) is 10.7 Å². The Labute approximate surface area is 150 Å². The molecule has 25 heavy (non-hydrogen) atoms. The van der Waals surface area contributed by atoms with Crippen molar-refractivity contribution in [3.8, 4) is 11.8 Å². The third-order valence-corrected chi connectivity index (χ3v) is 3.46. The van der Waals surface area contributed by atoms with Crippen LogP contribution >= 0.6 is 11.6 Å². The zero-order chi connectivity index (χ0) is 17.5. The van der Waals surface area contributed by atoms with Crippen LogP contribution in [0.2, 0.25) is 5.15 Å². The SMILES string of the molecule is O=C(NCC#Cc1ccc2ncc(Cl)nc2c1)OCc1ccccc1. The molecule has 0 unspecified atom stereocenters. The van der Waals surface area contributed by atoms with E-state index in [0.717, 1.165) is 16.6 Å². The van der Waals surface area contributed by atoms with Gasteiger partial charge in [0.25, 0.3) is 0 Å². The summed E-state index contributed by atoms with van der Waals surface area (Å²) in [6.45, 7) is 0.414. The summed E-state index contributed by atoms with van der Waals surface area (Å²) in [6, 6.07) is 14.9. The maximum Gasteiger partial charge on any atom is 0.408 e. The number of ether oxygens (including phenoxy) is 1. The summed E-state index contributed by atoms with van der Waals surface area (Å²) < 4.78 is 5.10. The lowest BCUT2D eigenvalue weighted by Crippen LogP contribution is -2.24. The van der Waals surface area contributed by atoms with Gasteiger partial charge in [-0.3, -0.25) is 4.98 Å². The van der Waals surface area contributed by atoms with Crippen molar-refractivity contribution in [1.82, 2.24) is 15.3 Å². The molecule has 6 heteroatoms. The zero-order valence-corrected chi connectivity index (χ0v) is 14.0. The van der Waals surface area contributed by atoms with Gasteiger partial charge in [0.15, 0.2) is 0 Å². The molecule has 0 saturated heterocycles. The maximum absolute atomic E-state index is 11.6. The van der Waals surface area contributed by atoms with Crippen LogP contribution in [0.15, 0.2) is 54.7 Å². The van der Waals surface area contributed by atoms with Crippen molar-refractivity contribution in [2.75, 3.05) is 6.54 Å². The molecule has 0 radical (unpaired) electrons. The van der Waals surface area contributed by atoms with E-state index in [1.165, 1.54) is 6.20 Å². The Balaban J connectivity index is 1.51. The van der Waals surface area contributed by atoms with Crippen molar-refractivity contribution < 1.29 is 9.53 Å². The lowest BCUT2D eigenvalue weighted by molar-refractivity contribution is 0.141. The standard InChI is InChI=1S/C19H14ClN3O2/c20-18-12-22-16-9-8-14(11-17(16)23-18)7-4-10-21-19(24)25-13-15-5-2-1-3-6-15/h1-3,5-6,8-9,11-12H,10,13H2,(H,21,24). The average Bonchev–Trinajstić information content (AvgIpc) is 2.64. The first kappa shape index (κ1) is 16.7. The number of fused-ring (bicyclic) bond motifs is 1. The van der Waals surface area contributed by atoms with Gasteiger partial charge < -0.3 is 10.1 Å². The summed E-state index contributed by atoms with van der Waals surface area (Å²) in [5.41, 5.74) is 3.12. The van der Waals surface area contributed by atoms with Crippen molar-refractivity contribution >= 4 is 28.7 Å². The normalized spacial score (nSPS) is 9.96. The molecule has 0 bridgehead atoms. The number of benzene rings is 2. The molecule has 0 saturated carbocycles. The van der Waals surface area contributed by atoms with E-state index in [1.807, 2.05) is 42.5 Å². The van der Waals surface area contributed by atoms with Crippen LogP contribution in [-0.4, -0.2) is 22.6 Å². The number of hydrogen-bond donors (Lipinski definition) is 1. The molecule has 3 aromatic rings. The van der Waals surface area contributed by atoms with Gasteiger partial charge in [0.1, 0.15) is 11.8 Å². The smallest absolute Gasteiger partial charge is 0.408 e. The van der Waals surface area contributed by atoms with E-state index in [2.05, 4.69) is 27.1 Å². The van der Waals surface area contributed by atoms with Crippen LogP contribution in [0.3, 0.4) is 0 Å². The van der Waals surface area contributed by atoms with Crippen LogP contribution in [0.1, 0.15) is 11.1 Å². The number of carbonyl (C=O) groups excluding carboxylic acids is 1. The Hall–Kier alpha value is -3.10. The van der Waals surface area contributed by atoms with Crippen LogP contribution in [-0.2, 0) is 11.3 Å². The summed E-state index contributed by atoms with van der Waals surface area (Å²) in [5.74, 6) is 5.82. The maximum atomic E-state index is 11.6. The highest BCUT2D eigenvalue weighted by Crippen LogP contribution is 2.13. The largest absolute Gasteiger partial charge is 0.445 e. The van der Waals surface area contributed by atoms with Crippen LogP contribution in [0.4, 0.5) is 4.79 Å². The fourth-order valence-corrected chi connectivity index (χ4v) is 2.24. The Morgan fingerprint density at radius 1 is 1.16 bits per heavy atom. The van der Waals surface area contributed by atoms with Crippen molar-refractivity contribution in [2.45, 2.75) is 6.61 Å². The fourth-order valence-electron chi connectivity index (χ4n) is 2.10. The van der Waals surface area contributed by atoms with Gasteiger partial charge in [-0.2, -0.15) is 0 Å². The molecule has 0 aliphatic carbocycles. The Bertz CT molecular complexity index is 949. The fraction of sp³-hybridized carbons (Fsp3) is 0.105. The second-order valence-electron chi connectivity index (χ2n) is 5.11. The van der Waals surface area contributed by atoms with Gasteiger partial charge >= 0.3 is 6.09 Å². The number of amides is 1. The molecule has 1 heterocycles. The van der Waals surface area contributed by atoms with Gasteiger partial charge in [0.05, 0.1) is 23.8 Å². The lowest BCUT2D eigenvalue weighted by atomic mass is 10.2. The second kappa shape index (κ2) is 8.13. The number of halogens is 1. The second-order valence-corrected chi connectivity index (χ2v) is 5.50. The van der Waals surface area contributed by atoms with E-state index in [9.17, 15) is 4.79 Å². The molecule has 1 N–H and O–H groups in total. The number of alkyl carbamates (subject to hydrolysis) is 1. The Morgan fingerprint density at radius 2 is 2.00 bits per heavy atom. The molecule has 5 nitrogen and oxygen atoms in total. The molecule has 2 aromatic carbocycles. The van der Waals surface area contributed by atoms with E-state index >= 15 is 0 Å². The first-order chi connectivity index (χ1) is 12.2. The molecule has 0 atom stereocenters. The highest BCUT2D eigenvalue weighted by Gasteiger charge is 2.01. The molecule has 0 fully saturated rings. The summed E-state index contributed by atoms with van der Waals surface area (Å²) in [4.78, 5) is 20.0. The van der Waals surface area contributed by atoms with Gasteiger partial charge in [-0.05, 0) is 23.8 Å². The molecule has 0 spiro atoms. The first-order valence-electron chi connectivity index (χ1n) is 7.56. The first-order valence-corrected chi connectivity index (χ1v) is 7.94. The van der Waals surface area contributed by atoms with E-state index in [-0.39, 0.29) is 13.2 Å². The molecule has 3 rings (SSSR count). The summed E-state index contributed by atoms with van der Waals surface area (Å²) in [6.07, 6.45) is 0.995. The molecular weight excluding hydrogens is 338 g/mol. The summed E-state index contributed by atoms with van der Waals surface area (Å²) >= 11 is 5.84. The average molecular weight is 352 g/mol. The van der Waals surface area contributed by atoms with Crippen LogP contribution in [0.25, 0.3) is 11.0 Å². The molecule has 0 aliphatic heterocycles. The van der Waals surface area contributed by atoms with Gasteiger partial charge in [0.2, 0.25) is 0 Å². The number of nitrogens with zero attached hydrogens (tertiary/aromatic N) is 2. The van der Waals surface area contributed by atoms with Gasteiger partial charge in [-0.15, -0.1) is 0 Å². The van der Waals surface area contributed by atoms with E-state index in [1.54, 1.807) is 6.07 Å². The third kappa shape index (κ3) is 4.93. The molecule has 1 amide bonds. The van der Waals surface area contributed by atoms with Gasteiger partial charge in [-0.1, -0.05) is 53.8 Å².